The highest BCUT2D eigenvalue weighted by atomic mass is 32.1. The fraction of sp³-hybridized carbons (Fsp3) is 0.471. The highest BCUT2D eigenvalue weighted by Gasteiger charge is 2.14. The van der Waals surface area contributed by atoms with Crippen LogP contribution in [-0.4, -0.2) is 12.0 Å². The highest BCUT2D eigenvalue weighted by Crippen LogP contribution is 2.27. The van der Waals surface area contributed by atoms with Gasteiger partial charge in [-0.05, 0) is 43.5 Å². The molecule has 0 aliphatic rings. The molecule has 0 fully saturated rings. The number of nitrogens with zero attached hydrogens (tertiary/aromatic N) is 1. The van der Waals surface area contributed by atoms with Crippen LogP contribution in [0.3, 0.4) is 0 Å². The Balaban J connectivity index is 2.24. The number of hydrogen-bond donors (Lipinski definition) is 1. The van der Waals surface area contributed by atoms with E-state index in [0.717, 1.165) is 13.0 Å². The smallest absolute Gasteiger partial charge is 0.0975 e. The monoisotopic (exact) mass is 288 g/mol. The van der Waals surface area contributed by atoms with Crippen LogP contribution in [0.1, 0.15) is 52.0 Å². The van der Waals surface area contributed by atoms with Gasteiger partial charge in [-0.2, -0.15) is 0 Å². The predicted molar refractivity (Wildman–Crippen MR) is 87.7 cm³/mol. The van der Waals surface area contributed by atoms with E-state index in [-0.39, 0.29) is 0 Å². The zero-order valence-electron chi connectivity index (χ0n) is 13.1. The Labute approximate surface area is 126 Å². The number of rotatable bonds is 5. The van der Waals surface area contributed by atoms with E-state index in [0.29, 0.717) is 5.92 Å². The van der Waals surface area contributed by atoms with E-state index in [1.807, 2.05) is 18.4 Å². The summed E-state index contributed by atoms with van der Waals surface area (Å²) in [6.45, 7) is 9.68. The third-order valence-electron chi connectivity index (χ3n) is 3.58. The molecule has 2 rings (SSSR count). The lowest BCUT2D eigenvalue weighted by Gasteiger charge is -2.04. The van der Waals surface area contributed by atoms with Crippen molar-refractivity contribution in [2.45, 2.75) is 46.6 Å². The molecule has 20 heavy (non-hydrogen) atoms. The molecule has 0 radical (unpaired) electrons. The summed E-state index contributed by atoms with van der Waals surface area (Å²) in [6.07, 6.45) is 0.940. The Morgan fingerprint density at radius 2 is 1.95 bits per heavy atom. The normalized spacial score (nSPS) is 11.3. The van der Waals surface area contributed by atoms with Gasteiger partial charge in [-0.1, -0.05) is 32.0 Å². The van der Waals surface area contributed by atoms with Crippen LogP contribution in [0.5, 0.6) is 0 Å². The Morgan fingerprint density at radius 3 is 2.55 bits per heavy atom. The summed E-state index contributed by atoms with van der Waals surface area (Å²) in [5.41, 5.74) is 5.32. The first-order valence-electron chi connectivity index (χ1n) is 7.20. The van der Waals surface area contributed by atoms with Gasteiger partial charge < -0.3 is 5.32 Å². The fourth-order valence-electron chi connectivity index (χ4n) is 2.32. The van der Waals surface area contributed by atoms with Crippen molar-refractivity contribution in [2.24, 2.45) is 0 Å². The van der Waals surface area contributed by atoms with Gasteiger partial charge in [-0.3, -0.25) is 0 Å². The minimum absolute atomic E-state index is 0.489. The molecule has 0 atom stereocenters. The molecule has 0 aliphatic heterocycles. The Hall–Kier alpha value is -1.19. The maximum absolute atomic E-state index is 4.85. The van der Waals surface area contributed by atoms with Crippen LogP contribution in [0, 0.1) is 13.8 Å². The minimum Gasteiger partial charge on any atom is -0.315 e. The van der Waals surface area contributed by atoms with Crippen LogP contribution < -0.4 is 5.32 Å². The first kappa shape index (κ1) is 15.2. The van der Waals surface area contributed by atoms with Crippen LogP contribution in [0.4, 0.5) is 0 Å². The third-order valence-corrected chi connectivity index (χ3v) is 4.65. The minimum atomic E-state index is 0.489. The summed E-state index contributed by atoms with van der Waals surface area (Å²) in [4.78, 5) is 6.23. The summed E-state index contributed by atoms with van der Waals surface area (Å²) in [6, 6.07) is 6.70. The number of hydrogen-bond acceptors (Lipinski definition) is 3. The Kier molecular flexibility index (Phi) is 4.95. The first-order chi connectivity index (χ1) is 9.51. The molecule has 2 nitrogen and oxygen atoms in total. The van der Waals surface area contributed by atoms with Gasteiger partial charge in [-0.25, -0.2) is 4.98 Å². The molecule has 0 bridgehead atoms. The average Bonchev–Trinajstić information content (AvgIpc) is 2.77. The topological polar surface area (TPSA) is 24.9 Å². The fourth-order valence-corrected chi connectivity index (χ4v) is 3.59. The third kappa shape index (κ3) is 3.47. The number of benzene rings is 1. The summed E-state index contributed by atoms with van der Waals surface area (Å²) in [5.74, 6) is 0.489. The molecule has 1 N–H and O–H groups in total. The van der Waals surface area contributed by atoms with Crippen molar-refractivity contribution >= 4 is 11.3 Å². The molecule has 108 valence electrons. The van der Waals surface area contributed by atoms with Crippen LogP contribution in [-0.2, 0) is 13.0 Å². The molecular formula is C17H24N2S. The van der Waals surface area contributed by atoms with Gasteiger partial charge in [0, 0.05) is 17.8 Å². The lowest BCUT2D eigenvalue weighted by Crippen LogP contribution is -2.06. The van der Waals surface area contributed by atoms with Gasteiger partial charge >= 0.3 is 0 Å². The summed E-state index contributed by atoms with van der Waals surface area (Å²) in [5, 5.41) is 4.47. The van der Waals surface area contributed by atoms with Gasteiger partial charge in [0.15, 0.2) is 0 Å². The van der Waals surface area contributed by atoms with E-state index in [9.17, 15) is 0 Å². The van der Waals surface area contributed by atoms with Gasteiger partial charge in [-0.15, -0.1) is 11.3 Å². The molecule has 0 aliphatic carbocycles. The van der Waals surface area contributed by atoms with Crippen molar-refractivity contribution < 1.29 is 0 Å². The van der Waals surface area contributed by atoms with E-state index in [1.54, 1.807) is 0 Å². The Morgan fingerprint density at radius 1 is 1.20 bits per heavy atom. The van der Waals surface area contributed by atoms with Gasteiger partial charge in [0.05, 0.1) is 10.7 Å². The molecule has 0 amide bonds. The summed E-state index contributed by atoms with van der Waals surface area (Å²) in [7, 11) is 1.99. The van der Waals surface area contributed by atoms with E-state index in [4.69, 9.17) is 4.98 Å². The van der Waals surface area contributed by atoms with Crippen molar-refractivity contribution in [3.63, 3.8) is 0 Å². The van der Waals surface area contributed by atoms with E-state index in [1.165, 1.54) is 32.3 Å². The second-order valence-corrected chi connectivity index (χ2v) is 6.86. The molecule has 3 heteroatoms. The zero-order valence-corrected chi connectivity index (χ0v) is 13.9. The number of thiazole rings is 1. The molecule has 1 aromatic carbocycles. The highest BCUT2D eigenvalue weighted by molar-refractivity contribution is 7.11. The van der Waals surface area contributed by atoms with Crippen molar-refractivity contribution in [3.8, 4) is 0 Å². The maximum Gasteiger partial charge on any atom is 0.0975 e. The van der Waals surface area contributed by atoms with Gasteiger partial charge in [0.2, 0.25) is 0 Å². The predicted octanol–water partition coefficient (Wildman–Crippen LogP) is 4.19. The lowest BCUT2D eigenvalue weighted by molar-refractivity contribution is 0.768. The van der Waals surface area contributed by atoms with Gasteiger partial charge in [0.25, 0.3) is 0 Å². The first-order valence-corrected chi connectivity index (χ1v) is 8.02. The molecule has 1 aromatic heterocycles. The van der Waals surface area contributed by atoms with Gasteiger partial charge in [0.1, 0.15) is 0 Å². The van der Waals surface area contributed by atoms with Crippen LogP contribution in [0.25, 0.3) is 0 Å². The molecule has 1 heterocycles. The van der Waals surface area contributed by atoms with Crippen LogP contribution in [0.15, 0.2) is 18.2 Å². The van der Waals surface area contributed by atoms with Crippen LogP contribution in [0.2, 0.25) is 0 Å². The number of aryl methyl sites for hydroxylation is 2. The Bertz CT molecular complexity index is 585. The van der Waals surface area contributed by atoms with E-state index >= 15 is 0 Å². The molecular weight excluding hydrogens is 264 g/mol. The SMILES string of the molecule is CNCc1sc(Cc2ccc(C)c(C)c2)nc1C(C)C. The second-order valence-electron chi connectivity index (χ2n) is 5.70. The zero-order chi connectivity index (χ0) is 14.7. The quantitative estimate of drug-likeness (QED) is 0.892. The summed E-state index contributed by atoms with van der Waals surface area (Å²) >= 11 is 1.84. The van der Waals surface area contributed by atoms with Crippen molar-refractivity contribution in [2.75, 3.05) is 7.05 Å². The largest absolute Gasteiger partial charge is 0.315 e. The van der Waals surface area contributed by atoms with Crippen LogP contribution >= 0.6 is 11.3 Å². The maximum atomic E-state index is 4.85. The second kappa shape index (κ2) is 6.51. The van der Waals surface area contributed by atoms with E-state index in [2.05, 4.69) is 51.2 Å². The lowest BCUT2D eigenvalue weighted by atomic mass is 10.0. The summed E-state index contributed by atoms with van der Waals surface area (Å²) < 4.78 is 0. The molecule has 0 unspecified atom stereocenters. The molecule has 2 aromatic rings. The van der Waals surface area contributed by atoms with Crippen molar-refractivity contribution in [3.05, 3.63) is 50.5 Å². The molecule has 0 spiro atoms. The van der Waals surface area contributed by atoms with Crippen molar-refractivity contribution in [1.82, 2.24) is 10.3 Å². The van der Waals surface area contributed by atoms with E-state index < -0.39 is 0 Å². The number of nitrogens with one attached hydrogen (secondary N) is 1. The standard InChI is InChI=1S/C17H24N2S/c1-11(2)17-15(10-18-5)20-16(19-17)9-14-7-6-12(3)13(4)8-14/h6-8,11,18H,9-10H2,1-5H3. The van der Waals surface area contributed by atoms with Crippen molar-refractivity contribution in [1.29, 1.82) is 0 Å². The number of aromatic nitrogens is 1. The molecule has 0 saturated carbocycles. The molecule has 0 saturated heterocycles. The average molecular weight is 288 g/mol.